The number of hydrogen-bond donors (Lipinski definition) is 0. The highest BCUT2D eigenvalue weighted by Gasteiger charge is 2.49. The van der Waals surface area contributed by atoms with Crippen LogP contribution in [-0.4, -0.2) is 30.6 Å². The van der Waals surface area contributed by atoms with E-state index in [2.05, 4.69) is 6.58 Å². The van der Waals surface area contributed by atoms with Crippen molar-refractivity contribution in [2.45, 2.75) is 56.5 Å². The Morgan fingerprint density at radius 1 is 1.28 bits per heavy atom. The van der Waals surface area contributed by atoms with E-state index in [1.165, 1.54) is 6.42 Å². The molecule has 3 rings (SSSR count). The first-order valence-corrected chi connectivity index (χ1v) is 6.86. The fourth-order valence-corrected chi connectivity index (χ4v) is 3.30. The van der Waals surface area contributed by atoms with E-state index in [0.29, 0.717) is 13.0 Å². The van der Waals surface area contributed by atoms with Gasteiger partial charge >= 0.3 is 5.97 Å². The van der Waals surface area contributed by atoms with Crippen LogP contribution >= 0.6 is 0 Å². The van der Waals surface area contributed by atoms with E-state index in [1.54, 1.807) is 6.08 Å². The van der Waals surface area contributed by atoms with Gasteiger partial charge in [-0.3, -0.25) is 4.79 Å². The zero-order chi connectivity index (χ0) is 12.6. The Bertz CT molecular complexity index is 346. The molecule has 2 aliphatic heterocycles. The molecule has 0 aromatic carbocycles. The van der Waals surface area contributed by atoms with Crippen LogP contribution in [0.25, 0.3) is 0 Å². The Hall–Kier alpha value is -0.870. The second-order valence-corrected chi connectivity index (χ2v) is 5.50. The highest BCUT2D eigenvalue weighted by molar-refractivity contribution is 5.72. The number of cyclic esters (lactones) is 1. The van der Waals surface area contributed by atoms with Gasteiger partial charge in [0.2, 0.25) is 0 Å². The lowest BCUT2D eigenvalue weighted by Gasteiger charge is -2.32. The van der Waals surface area contributed by atoms with Crippen molar-refractivity contribution in [1.29, 1.82) is 0 Å². The molecule has 0 bridgehead atoms. The molecule has 3 atom stereocenters. The third-order valence-electron chi connectivity index (χ3n) is 4.29. The van der Waals surface area contributed by atoms with Gasteiger partial charge in [0.05, 0.1) is 19.1 Å². The number of rotatable bonds is 2. The highest BCUT2D eigenvalue weighted by atomic mass is 16.7. The predicted octanol–water partition coefficient (Wildman–Crippen LogP) is 2.18. The van der Waals surface area contributed by atoms with Crippen molar-refractivity contribution < 1.29 is 19.0 Å². The summed E-state index contributed by atoms with van der Waals surface area (Å²) in [5.74, 6) is -0.463. The van der Waals surface area contributed by atoms with Gasteiger partial charge in [0.1, 0.15) is 6.10 Å². The lowest BCUT2D eigenvalue weighted by molar-refractivity contribution is -0.192. The monoisotopic (exact) mass is 252 g/mol. The summed E-state index contributed by atoms with van der Waals surface area (Å²) in [7, 11) is 0. The zero-order valence-corrected chi connectivity index (χ0v) is 10.6. The maximum absolute atomic E-state index is 11.4. The molecular weight excluding hydrogens is 232 g/mol. The fraction of sp³-hybridized carbons (Fsp3) is 0.786. The molecule has 0 amide bonds. The third kappa shape index (κ3) is 2.08. The molecule has 0 aromatic rings. The molecule has 100 valence electrons. The average Bonchev–Trinajstić information content (AvgIpc) is 2.94. The minimum Gasteiger partial charge on any atom is -0.458 e. The molecule has 18 heavy (non-hydrogen) atoms. The van der Waals surface area contributed by atoms with E-state index >= 15 is 0 Å². The summed E-state index contributed by atoms with van der Waals surface area (Å²) in [5, 5.41) is 0. The number of ether oxygens (including phenoxy) is 3. The summed E-state index contributed by atoms with van der Waals surface area (Å²) in [6.45, 7) is 4.30. The molecule has 1 spiro atoms. The standard InChI is InChI=1S/C14H20O4/c1-2-11-10(8-13(15)17-11)12-9-16-14(18-12)6-4-3-5-7-14/h2,10-12H,1,3-9H2/t10-,11+,12-/m0/s1. The quantitative estimate of drug-likeness (QED) is 0.558. The van der Waals surface area contributed by atoms with Gasteiger partial charge < -0.3 is 14.2 Å². The topological polar surface area (TPSA) is 44.8 Å². The van der Waals surface area contributed by atoms with Gasteiger partial charge in [-0.2, -0.15) is 0 Å². The van der Waals surface area contributed by atoms with Gasteiger partial charge in [-0.25, -0.2) is 0 Å². The molecule has 1 saturated carbocycles. The average molecular weight is 252 g/mol. The minimum absolute atomic E-state index is 0.0300. The first-order chi connectivity index (χ1) is 8.72. The van der Waals surface area contributed by atoms with Crippen LogP contribution in [0.15, 0.2) is 12.7 Å². The summed E-state index contributed by atoms with van der Waals surface area (Å²) in [4.78, 5) is 11.4. The van der Waals surface area contributed by atoms with Crippen molar-refractivity contribution in [2.75, 3.05) is 6.61 Å². The van der Waals surface area contributed by atoms with Gasteiger partial charge in [-0.15, -0.1) is 0 Å². The summed E-state index contributed by atoms with van der Waals surface area (Å²) in [6.07, 6.45) is 7.41. The van der Waals surface area contributed by atoms with Crippen LogP contribution in [0.4, 0.5) is 0 Å². The van der Waals surface area contributed by atoms with Crippen LogP contribution in [0.3, 0.4) is 0 Å². The maximum Gasteiger partial charge on any atom is 0.306 e. The van der Waals surface area contributed by atoms with E-state index < -0.39 is 0 Å². The molecular formula is C14H20O4. The Morgan fingerprint density at radius 3 is 2.78 bits per heavy atom. The number of esters is 1. The summed E-state index contributed by atoms with van der Waals surface area (Å²) in [6, 6.07) is 0. The fourth-order valence-electron chi connectivity index (χ4n) is 3.30. The molecule has 3 fully saturated rings. The van der Waals surface area contributed by atoms with E-state index in [1.807, 2.05) is 0 Å². The van der Waals surface area contributed by atoms with Crippen molar-refractivity contribution in [1.82, 2.24) is 0 Å². The predicted molar refractivity (Wildman–Crippen MR) is 64.8 cm³/mol. The third-order valence-corrected chi connectivity index (χ3v) is 4.29. The van der Waals surface area contributed by atoms with Crippen LogP contribution in [0.5, 0.6) is 0 Å². The Balaban J connectivity index is 1.67. The van der Waals surface area contributed by atoms with Crippen molar-refractivity contribution in [3.63, 3.8) is 0 Å². The second-order valence-electron chi connectivity index (χ2n) is 5.50. The van der Waals surface area contributed by atoms with Gasteiger partial charge in [0, 0.05) is 18.8 Å². The van der Waals surface area contributed by atoms with Crippen molar-refractivity contribution in [3.8, 4) is 0 Å². The van der Waals surface area contributed by atoms with Crippen LogP contribution in [0.2, 0.25) is 0 Å². The normalized spacial score (nSPS) is 38.9. The Morgan fingerprint density at radius 2 is 2.06 bits per heavy atom. The van der Waals surface area contributed by atoms with E-state index in [9.17, 15) is 4.79 Å². The smallest absolute Gasteiger partial charge is 0.306 e. The molecule has 2 saturated heterocycles. The summed E-state index contributed by atoms with van der Waals surface area (Å²) < 4.78 is 17.3. The van der Waals surface area contributed by atoms with Crippen molar-refractivity contribution in [3.05, 3.63) is 12.7 Å². The van der Waals surface area contributed by atoms with Crippen LogP contribution in [-0.2, 0) is 19.0 Å². The highest BCUT2D eigenvalue weighted by Crippen LogP contribution is 2.42. The molecule has 2 heterocycles. The zero-order valence-electron chi connectivity index (χ0n) is 10.6. The molecule has 3 aliphatic rings. The SMILES string of the molecule is C=C[C@H]1OC(=O)C[C@@H]1[C@@H]1COC2(CCCCC2)O1. The molecule has 4 nitrogen and oxygen atoms in total. The van der Waals surface area contributed by atoms with Crippen LogP contribution < -0.4 is 0 Å². The maximum atomic E-state index is 11.4. The Labute approximate surface area is 107 Å². The Kier molecular flexibility index (Phi) is 3.16. The van der Waals surface area contributed by atoms with Crippen molar-refractivity contribution >= 4 is 5.97 Å². The van der Waals surface area contributed by atoms with Crippen LogP contribution in [0, 0.1) is 5.92 Å². The van der Waals surface area contributed by atoms with E-state index in [0.717, 1.165) is 25.7 Å². The molecule has 0 radical (unpaired) electrons. The number of carbonyl (C=O) groups excluding carboxylic acids is 1. The van der Waals surface area contributed by atoms with Gasteiger partial charge in [0.25, 0.3) is 0 Å². The molecule has 1 aliphatic carbocycles. The van der Waals surface area contributed by atoms with Crippen molar-refractivity contribution in [2.24, 2.45) is 5.92 Å². The number of hydrogen-bond acceptors (Lipinski definition) is 4. The van der Waals surface area contributed by atoms with Gasteiger partial charge in [-0.1, -0.05) is 19.1 Å². The van der Waals surface area contributed by atoms with Crippen LogP contribution in [0.1, 0.15) is 38.5 Å². The number of carbonyl (C=O) groups is 1. The summed E-state index contributed by atoms with van der Waals surface area (Å²) >= 11 is 0. The molecule has 0 aromatic heterocycles. The van der Waals surface area contributed by atoms with Gasteiger partial charge in [-0.05, 0) is 12.8 Å². The molecule has 0 N–H and O–H groups in total. The lowest BCUT2D eigenvalue weighted by Crippen LogP contribution is -2.35. The second kappa shape index (κ2) is 4.67. The molecule has 0 unspecified atom stereocenters. The van der Waals surface area contributed by atoms with E-state index in [4.69, 9.17) is 14.2 Å². The van der Waals surface area contributed by atoms with E-state index in [-0.39, 0.29) is 29.9 Å². The first kappa shape index (κ1) is 12.2. The molecule has 4 heteroatoms. The largest absolute Gasteiger partial charge is 0.458 e. The minimum atomic E-state index is -0.375. The summed E-state index contributed by atoms with van der Waals surface area (Å²) in [5.41, 5.74) is 0. The first-order valence-electron chi connectivity index (χ1n) is 6.86. The lowest BCUT2D eigenvalue weighted by atomic mass is 9.93. The van der Waals surface area contributed by atoms with Gasteiger partial charge in [0.15, 0.2) is 5.79 Å².